The molecule has 0 atom stereocenters. The number of hydrogen-bond acceptors (Lipinski definition) is 3. The Balaban J connectivity index is 2.01. The summed E-state index contributed by atoms with van der Waals surface area (Å²) >= 11 is 0. The van der Waals surface area contributed by atoms with Crippen LogP contribution in [0.2, 0.25) is 0 Å². The van der Waals surface area contributed by atoms with Gasteiger partial charge in [-0.05, 0) is 42.7 Å². The number of aliphatic imine (C=N–C) groups is 1. The zero-order chi connectivity index (χ0) is 18.0. The van der Waals surface area contributed by atoms with Crippen molar-refractivity contribution in [1.82, 2.24) is 5.32 Å². The monoisotopic (exact) mass is 334 g/mol. The molecule has 2 aromatic rings. The molecule has 3 rings (SSSR count). The third kappa shape index (κ3) is 3.63. The molecule has 0 unspecified atom stereocenters. The van der Waals surface area contributed by atoms with Crippen LogP contribution in [0, 0.1) is 6.92 Å². The molecule has 0 bridgehead atoms. The second-order valence-corrected chi connectivity index (χ2v) is 6.47. The van der Waals surface area contributed by atoms with E-state index in [2.05, 4.69) is 24.2 Å². The molecule has 1 aliphatic heterocycles. The maximum absolute atomic E-state index is 12.3. The van der Waals surface area contributed by atoms with Crippen LogP contribution < -0.4 is 10.1 Å². The van der Waals surface area contributed by atoms with Gasteiger partial charge in [-0.25, -0.2) is 4.99 Å². The van der Waals surface area contributed by atoms with E-state index in [0.29, 0.717) is 17.5 Å². The fourth-order valence-corrected chi connectivity index (χ4v) is 2.77. The van der Waals surface area contributed by atoms with E-state index in [0.717, 1.165) is 22.4 Å². The predicted molar refractivity (Wildman–Crippen MR) is 101 cm³/mol. The molecule has 1 aliphatic rings. The summed E-state index contributed by atoms with van der Waals surface area (Å²) in [4.78, 5) is 16.8. The summed E-state index contributed by atoms with van der Waals surface area (Å²) in [5.41, 5.74) is 4.45. The van der Waals surface area contributed by atoms with Crippen LogP contribution >= 0.6 is 0 Å². The van der Waals surface area contributed by atoms with Crippen molar-refractivity contribution < 1.29 is 9.53 Å². The van der Waals surface area contributed by atoms with Crippen LogP contribution in [-0.2, 0) is 4.79 Å². The fourth-order valence-electron chi connectivity index (χ4n) is 2.77. The number of hydrogen-bond donors (Lipinski definition) is 1. The highest BCUT2D eigenvalue weighted by Crippen LogP contribution is 2.27. The number of amidine groups is 1. The molecule has 25 heavy (non-hydrogen) atoms. The molecule has 2 aromatic carbocycles. The molecule has 4 nitrogen and oxygen atoms in total. The van der Waals surface area contributed by atoms with Gasteiger partial charge in [-0.2, -0.15) is 0 Å². The van der Waals surface area contributed by atoms with Crippen molar-refractivity contribution in [3.05, 3.63) is 70.4 Å². The number of nitrogens with one attached hydrogen (secondary N) is 1. The number of amides is 1. The van der Waals surface area contributed by atoms with Gasteiger partial charge < -0.3 is 10.1 Å². The van der Waals surface area contributed by atoms with Crippen molar-refractivity contribution in [2.24, 2.45) is 4.99 Å². The maximum atomic E-state index is 12.3. The van der Waals surface area contributed by atoms with E-state index in [1.807, 2.05) is 49.4 Å². The Kier molecular flexibility index (Phi) is 4.70. The average Bonchev–Trinajstić information content (AvgIpc) is 2.95. The second-order valence-electron chi connectivity index (χ2n) is 6.47. The van der Waals surface area contributed by atoms with Gasteiger partial charge in [0.15, 0.2) is 0 Å². The number of aryl methyl sites for hydroxylation is 1. The highest BCUT2D eigenvalue weighted by Gasteiger charge is 2.21. The van der Waals surface area contributed by atoms with Crippen LogP contribution in [-0.4, -0.2) is 18.9 Å². The molecular weight excluding hydrogens is 312 g/mol. The van der Waals surface area contributed by atoms with Gasteiger partial charge in [-0.15, -0.1) is 0 Å². The topological polar surface area (TPSA) is 50.7 Å². The van der Waals surface area contributed by atoms with E-state index in [1.165, 1.54) is 5.56 Å². The van der Waals surface area contributed by atoms with Gasteiger partial charge in [-0.3, -0.25) is 4.79 Å². The summed E-state index contributed by atoms with van der Waals surface area (Å²) in [5, 5.41) is 2.84. The first-order valence-electron chi connectivity index (χ1n) is 8.34. The molecule has 0 aliphatic carbocycles. The number of methoxy groups -OCH3 is 1. The number of carbonyl (C=O) groups excluding carboxylic acids is 1. The van der Waals surface area contributed by atoms with Crippen LogP contribution in [0.25, 0.3) is 6.08 Å². The lowest BCUT2D eigenvalue weighted by Gasteiger charge is -2.10. The molecule has 1 heterocycles. The predicted octanol–water partition coefficient (Wildman–Crippen LogP) is 4.04. The van der Waals surface area contributed by atoms with E-state index in [1.54, 1.807) is 13.2 Å². The minimum absolute atomic E-state index is 0.200. The highest BCUT2D eigenvalue weighted by atomic mass is 16.5. The smallest absolute Gasteiger partial charge is 0.275 e. The summed E-state index contributed by atoms with van der Waals surface area (Å²) in [6.45, 7) is 6.28. The first-order valence-corrected chi connectivity index (χ1v) is 8.34. The van der Waals surface area contributed by atoms with Crippen LogP contribution in [0.15, 0.2) is 53.2 Å². The summed E-state index contributed by atoms with van der Waals surface area (Å²) in [7, 11) is 1.63. The average molecular weight is 334 g/mol. The Bertz CT molecular complexity index is 879. The van der Waals surface area contributed by atoms with Crippen molar-refractivity contribution in [3.63, 3.8) is 0 Å². The minimum Gasteiger partial charge on any atom is -0.496 e. The maximum Gasteiger partial charge on any atom is 0.275 e. The molecule has 0 aromatic heterocycles. The third-order valence-electron chi connectivity index (χ3n) is 4.20. The lowest BCUT2D eigenvalue weighted by atomic mass is 10.00. The van der Waals surface area contributed by atoms with Crippen molar-refractivity contribution in [2.75, 3.05) is 7.11 Å². The molecule has 128 valence electrons. The van der Waals surface area contributed by atoms with Crippen molar-refractivity contribution in [2.45, 2.75) is 26.7 Å². The Labute approximate surface area is 148 Å². The van der Waals surface area contributed by atoms with Crippen molar-refractivity contribution in [3.8, 4) is 5.75 Å². The first-order chi connectivity index (χ1) is 12.0. The third-order valence-corrected chi connectivity index (χ3v) is 4.20. The standard InChI is InChI=1S/C21H22N2O2/c1-13(2)15-8-9-19(25-4)17(11-15)12-18-21(24)23-20(22-18)16-7-5-6-14(3)10-16/h5-13H,1-4H3,(H,22,23,24)/b18-12-. The van der Waals surface area contributed by atoms with Crippen LogP contribution in [0.4, 0.5) is 0 Å². The molecule has 1 N–H and O–H groups in total. The minimum atomic E-state index is -0.200. The number of ether oxygens (including phenoxy) is 1. The molecule has 0 saturated carbocycles. The molecular formula is C21H22N2O2. The van der Waals surface area contributed by atoms with E-state index >= 15 is 0 Å². The second kappa shape index (κ2) is 6.93. The lowest BCUT2D eigenvalue weighted by molar-refractivity contribution is -0.115. The SMILES string of the molecule is COc1ccc(C(C)C)cc1/C=C1\N=C(c2cccc(C)c2)NC1=O. The highest BCUT2D eigenvalue weighted by molar-refractivity contribution is 6.19. The molecule has 0 radical (unpaired) electrons. The van der Waals surface area contributed by atoms with Crippen molar-refractivity contribution in [1.29, 1.82) is 0 Å². The Morgan fingerprint density at radius 1 is 1.16 bits per heavy atom. The van der Waals surface area contributed by atoms with Gasteiger partial charge in [0.05, 0.1) is 7.11 Å². The molecule has 0 fully saturated rings. The van der Waals surface area contributed by atoms with Crippen molar-refractivity contribution >= 4 is 17.8 Å². The molecule has 1 amide bonds. The van der Waals surface area contributed by atoms with E-state index in [-0.39, 0.29) is 5.91 Å². The normalized spacial score (nSPS) is 15.5. The quantitative estimate of drug-likeness (QED) is 0.858. The molecule has 4 heteroatoms. The first kappa shape index (κ1) is 17.0. The van der Waals surface area contributed by atoms with E-state index in [4.69, 9.17) is 4.74 Å². The van der Waals surface area contributed by atoms with Gasteiger partial charge in [0.1, 0.15) is 17.3 Å². The van der Waals surface area contributed by atoms with Gasteiger partial charge in [0.25, 0.3) is 5.91 Å². The summed E-state index contributed by atoms with van der Waals surface area (Å²) in [5.74, 6) is 1.50. The fraction of sp³-hybridized carbons (Fsp3) is 0.238. The summed E-state index contributed by atoms with van der Waals surface area (Å²) in [6.07, 6.45) is 1.78. The Morgan fingerprint density at radius 2 is 1.96 bits per heavy atom. The number of carbonyl (C=O) groups is 1. The van der Waals surface area contributed by atoms with E-state index < -0.39 is 0 Å². The Hall–Kier alpha value is -2.88. The van der Waals surface area contributed by atoms with Gasteiger partial charge >= 0.3 is 0 Å². The van der Waals surface area contributed by atoms with E-state index in [9.17, 15) is 4.79 Å². The van der Waals surface area contributed by atoms with Gasteiger partial charge in [0, 0.05) is 11.1 Å². The van der Waals surface area contributed by atoms with Crippen LogP contribution in [0.3, 0.4) is 0 Å². The zero-order valence-corrected chi connectivity index (χ0v) is 15.0. The van der Waals surface area contributed by atoms with Gasteiger partial charge in [0.2, 0.25) is 0 Å². The number of benzene rings is 2. The largest absolute Gasteiger partial charge is 0.496 e. The summed E-state index contributed by atoms with van der Waals surface area (Å²) in [6, 6.07) is 13.9. The zero-order valence-electron chi connectivity index (χ0n) is 15.0. The number of rotatable bonds is 4. The lowest BCUT2D eigenvalue weighted by Crippen LogP contribution is -2.24. The summed E-state index contributed by atoms with van der Waals surface area (Å²) < 4.78 is 5.43. The molecule has 0 saturated heterocycles. The number of nitrogens with zero attached hydrogens (tertiary/aromatic N) is 1. The van der Waals surface area contributed by atoms with Crippen LogP contribution in [0.1, 0.15) is 42.0 Å². The Morgan fingerprint density at radius 3 is 2.64 bits per heavy atom. The molecule has 0 spiro atoms. The van der Waals surface area contributed by atoms with Crippen LogP contribution in [0.5, 0.6) is 5.75 Å². The van der Waals surface area contributed by atoms with Gasteiger partial charge in [-0.1, -0.05) is 43.7 Å².